The summed E-state index contributed by atoms with van der Waals surface area (Å²) < 4.78 is 83.6. The largest absolute Gasteiger partial charge is 0.465 e. The fourth-order valence-electron chi connectivity index (χ4n) is 11.1. The van der Waals surface area contributed by atoms with E-state index in [1.165, 1.54) is 36.8 Å². The number of benzene rings is 3. The van der Waals surface area contributed by atoms with E-state index in [1.54, 1.807) is 35.2 Å². The summed E-state index contributed by atoms with van der Waals surface area (Å²) in [5.74, 6) is -5.01. The van der Waals surface area contributed by atoms with Crippen molar-refractivity contribution in [3.8, 4) is 5.75 Å². The van der Waals surface area contributed by atoms with Crippen LogP contribution in [-0.4, -0.2) is 107 Å². The van der Waals surface area contributed by atoms with Crippen LogP contribution in [0.5, 0.6) is 5.75 Å². The fraction of sp³-hybridized carbons (Fsp3) is 0.529. The number of esters is 1. The quantitative estimate of drug-likeness (QED) is 0.0678. The molecule has 0 bridgehead atoms. The molecule has 12 nitrogen and oxygen atoms in total. The Kier molecular flexibility index (Phi) is 14.1. The Hall–Kier alpha value is -4.83. The zero-order valence-electron chi connectivity index (χ0n) is 39.0. The average molecular weight is 994 g/mol. The molecule has 9 rings (SSSR count). The summed E-state index contributed by atoms with van der Waals surface area (Å²) >= 11 is 1.13. The number of amides is 3. The topological polar surface area (TPSA) is 138 Å². The molecule has 8 atom stereocenters. The molecule has 2 aliphatic carbocycles. The van der Waals surface area contributed by atoms with E-state index >= 15 is 4.39 Å². The van der Waals surface area contributed by atoms with Crippen molar-refractivity contribution >= 4 is 52.6 Å². The van der Waals surface area contributed by atoms with Gasteiger partial charge in [-0.1, -0.05) is 61.5 Å². The molecule has 3 saturated heterocycles. The lowest BCUT2D eigenvalue weighted by Gasteiger charge is -2.47. The number of hydrogen-bond donors (Lipinski definition) is 2. The number of para-hydroxylation sites is 1. The summed E-state index contributed by atoms with van der Waals surface area (Å²) in [6, 6.07) is 20.5. The standard InChI is InChI=1S/C51H60F4N5O7PS/c1-4-23-66-49(64)31(2)57-68(65,67-40-13-9-6-10-14-40)45(52)33-15-20-43-34(24-33)25-44(69-43)46(61)56-41-18-16-37(58(3)39-26-36(27-39)51(53,54)55)28-38-17-19-42(60(38)47(41)62)48(63)59-30-35(29-50(59)21-22-50)32-11-7-5-8-12-32/h5-15,20,24-25,31,35-39,41-42,45H,4,16-19,21-23,26-30H2,1-3H3,(H,56,61)(H,57,65)/t31-,35+,36?,37-,38+,39?,41-,42-,45+,68?/m0/s1. The van der Waals surface area contributed by atoms with Gasteiger partial charge in [0, 0.05) is 40.8 Å². The van der Waals surface area contributed by atoms with Gasteiger partial charge in [-0.15, -0.1) is 11.3 Å². The predicted molar refractivity (Wildman–Crippen MR) is 255 cm³/mol. The number of halogens is 4. The maximum Gasteiger partial charge on any atom is 0.391 e. The third kappa shape index (κ3) is 10.2. The maximum absolute atomic E-state index is 16.7. The Morgan fingerprint density at radius 2 is 1.65 bits per heavy atom. The van der Waals surface area contributed by atoms with Crippen molar-refractivity contribution in [3.05, 3.63) is 101 Å². The number of likely N-dealkylation sites (tertiary alicyclic amines) is 1. The molecule has 5 fully saturated rings. The van der Waals surface area contributed by atoms with Crippen molar-refractivity contribution in [1.82, 2.24) is 25.1 Å². The summed E-state index contributed by atoms with van der Waals surface area (Å²) in [6.07, 6.45) is 1.11. The van der Waals surface area contributed by atoms with Crippen LogP contribution in [0, 0.1) is 5.92 Å². The van der Waals surface area contributed by atoms with Gasteiger partial charge in [0.2, 0.25) is 17.7 Å². The molecular formula is C51H60F4N5O7PS. The summed E-state index contributed by atoms with van der Waals surface area (Å²) in [5, 5.41) is 6.04. The summed E-state index contributed by atoms with van der Waals surface area (Å²) in [7, 11) is -2.67. The van der Waals surface area contributed by atoms with Gasteiger partial charge in [-0.25, -0.2) is 9.48 Å². The molecule has 4 heterocycles. The minimum atomic E-state index is -4.52. The van der Waals surface area contributed by atoms with Crippen LogP contribution >= 0.6 is 18.9 Å². The first-order valence-electron chi connectivity index (χ1n) is 24.2. The Bertz CT molecular complexity index is 2580. The lowest BCUT2D eigenvalue weighted by atomic mass is 9.77. The van der Waals surface area contributed by atoms with Crippen LogP contribution in [-0.2, 0) is 23.7 Å². The maximum atomic E-state index is 16.7. The van der Waals surface area contributed by atoms with Gasteiger partial charge in [-0.3, -0.25) is 23.7 Å². The normalized spacial score (nSPS) is 27.2. The van der Waals surface area contributed by atoms with Crippen LogP contribution in [0.15, 0.2) is 84.9 Å². The number of carbonyl (C=O) groups excluding carboxylic acids is 4. The molecule has 69 heavy (non-hydrogen) atoms. The number of carbonyl (C=O) groups is 4. The van der Waals surface area contributed by atoms with Gasteiger partial charge in [0.25, 0.3) is 5.91 Å². The molecule has 1 spiro atoms. The molecule has 4 aromatic rings. The van der Waals surface area contributed by atoms with Crippen molar-refractivity contribution in [2.45, 2.75) is 144 Å². The van der Waals surface area contributed by atoms with Crippen molar-refractivity contribution in [3.63, 3.8) is 0 Å². The molecule has 0 radical (unpaired) electrons. The number of ether oxygens (including phenoxy) is 1. The van der Waals surface area contributed by atoms with Gasteiger partial charge in [-0.2, -0.15) is 13.2 Å². The van der Waals surface area contributed by atoms with Crippen molar-refractivity contribution in [2.75, 3.05) is 20.2 Å². The second-order valence-electron chi connectivity index (χ2n) is 19.8. The Morgan fingerprint density at radius 3 is 2.33 bits per heavy atom. The molecule has 1 aromatic heterocycles. The summed E-state index contributed by atoms with van der Waals surface area (Å²) in [5.41, 5.74) is 0.905. The summed E-state index contributed by atoms with van der Waals surface area (Å²) in [6.45, 7) is 3.93. The minimum Gasteiger partial charge on any atom is -0.465 e. The van der Waals surface area contributed by atoms with E-state index in [0.717, 1.165) is 30.6 Å². The third-order valence-corrected chi connectivity index (χ3v) is 18.4. The first kappa shape index (κ1) is 49.2. The van der Waals surface area contributed by atoms with Gasteiger partial charge in [0.15, 0.2) is 0 Å². The van der Waals surface area contributed by atoms with E-state index in [9.17, 15) is 36.9 Å². The lowest BCUT2D eigenvalue weighted by Crippen LogP contribution is -2.60. The number of nitrogens with zero attached hydrogens (tertiary/aromatic N) is 3. The number of alkyl halides is 4. The van der Waals surface area contributed by atoms with E-state index in [0.29, 0.717) is 48.7 Å². The van der Waals surface area contributed by atoms with Gasteiger partial charge < -0.3 is 29.3 Å². The van der Waals surface area contributed by atoms with E-state index < -0.39 is 55.5 Å². The second kappa shape index (κ2) is 19.8. The highest BCUT2D eigenvalue weighted by atomic mass is 32.1. The monoisotopic (exact) mass is 993 g/mol. The molecule has 3 amide bonds. The molecule has 2 saturated carbocycles. The average Bonchev–Trinajstić information content (AvgIpc) is 3.59. The molecule has 18 heteroatoms. The first-order chi connectivity index (χ1) is 33.0. The van der Waals surface area contributed by atoms with E-state index in [1.807, 2.05) is 42.0 Å². The van der Waals surface area contributed by atoms with Crippen molar-refractivity contribution in [2.24, 2.45) is 5.92 Å². The molecule has 5 aliphatic rings. The highest BCUT2D eigenvalue weighted by molar-refractivity contribution is 7.57. The van der Waals surface area contributed by atoms with Crippen LogP contribution in [0.25, 0.3) is 10.1 Å². The number of nitrogens with one attached hydrogen (secondary N) is 2. The summed E-state index contributed by atoms with van der Waals surface area (Å²) in [4.78, 5) is 62.7. The third-order valence-electron chi connectivity index (χ3n) is 15.2. The first-order valence-corrected chi connectivity index (χ1v) is 26.7. The van der Waals surface area contributed by atoms with Gasteiger partial charge >= 0.3 is 19.7 Å². The Morgan fingerprint density at radius 1 is 0.942 bits per heavy atom. The minimum absolute atomic E-state index is 0.00241. The van der Waals surface area contributed by atoms with Gasteiger partial charge in [0.1, 0.15) is 23.9 Å². The number of rotatable bonds is 15. The Labute approximate surface area is 403 Å². The molecule has 370 valence electrons. The van der Waals surface area contributed by atoms with Crippen LogP contribution in [0.4, 0.5) is 17.6 Å². The fourth-order valence-corrected chi connectivity index (χ4v) is 13.9. The lowest BCUT2D eigenvalue weighted by molar-refractivity contribution is -0.207. The van der Waals surface area contributed by atoms with Crippen LogP contribution in [0.1, 0.15) is 117 Å². The van der Waals surface area contributed by atoms with Crippen LogP contribution < -0.4 is 14.9 Å². The van der Waals surface area contributed by atoms with Gasteiger partial charge in [-0.05, 0) is 131 Å². The van der Waals surface area contributed by atoms with Crippen LogP contribution in [0.2, 0.25) is 0 Å². The molecular weight excluding hydrogens is 934 g/mol. The predicted octanol–water partition coefficient (Wildman–Crippen LogP) is 9.90. The van der Waals surface area contributed by atoms with Crippen LogP contribution in [0.3, 0.4) is 0 Å². The number of fused-ring (bicyclic) bond motifs is 2. The highest BCUT2D eigenvalue weighted by Gasteiger charge is 2.59. The van der Waals surface area contributed by atoms with Crippen molar-refractivity contribution < 1.29 is 50.6 Å². The molecule has 1 unspecified atom stereocenters. The Balaban J connectivity index is 0.956. The highest BCUT2D eigenvalue weighted by Crippen LogP contribution is 2.58. The van der Waals surface area contributed by atoms with E-state index in [-0.39, 0.29) is 83.5 Å². The number of thiophene rings is 1. The van der Waals surface area contributed by atoms with Gasteiger partial charge in [0.05, 0.1) is 17.4 Å². The molecule has 3 aliphatic heterocycles. The SMILES string of the molecule is CCCOC(=O)[C@H](C)NP(=O)(Oc1ccccc1)[C@@H](F)c1ccc2sc(C(=O)N[C@H]3CC[C@H](N(C)C4CC(C(F)(F)F)C4)C[C@H]4CC[C@@H](C(=O)N5C[C@H](c6ccccc6)CC56CC6)N4C3=O)cc2c1. The van der Waals surface area contributed by atoms with Crippen molar-refractivity contribution in [1.29, 1.82) is 0 Å². The van der Waals surface area contributed by atoms with E-state index in [2.05, 4.69) is 22.5 Å². The molecule has 2 N–H and O–H groups in total. The van der Waals surface area contributed by atoms with E-state index in [4.69, 9.17) is 9.26 Å². The smallest absolute Gasteiger partial charge is 0.391 e. The second-order valence-corrected chi connectivity index (χ2v) is 22.9. The zero-order chi connectivity index (χ0) is 48.8. The zero-order valence-corrected chi connectivity index (χ0v) is 40.7. The number of hydrogen-bond acceptors (Lipinski definition) is 9. The molecule has 3 aromatic carbocycles.